The van der Waals surface area contributed by atoms with Crippen molar-refractivity contribution < 1.29 is 4.79 Å². The maximum Gasteiger partial charge on any atom is 0.222 e. The van der Waals surface area contributed by atoms with Gasteiger partial charge in [0.1, 0.15) is 0 Å². The fraction of sp³-hybridized carbons (Fsp3) is 0.583. The molecule has 3 nitrogen and oxygen atoms in total. The lowest BCUT2D eigenvalue weighted by molar-refractivity contribution is -0.130. The lowest BCUT2D eigenvalue weighted by atomic mass is 10.1. The second-order valence-corrected chi connectivity index (χ2v) is 6.26. The van der Waals surface area contributed by atoms with Crippen molar-refractivity contribution in [3.05, 3.63) is 20.8 Å². The molecule has 0 saturated carbocycles. The van der Waals surface area contributed by atoms with Gasteiger partial charge in [0.05, 0.1) is 0 Å². The van der Waals surface area contributed by atoms with E-state index in [9.17, 15) is 4.79 Å². The highest BCUT2D eigenvalue weighted by atomic mass is 79.9. The summed E-state index contributed by atoms with van der Waals surface area (Å²) >= 11 is 5.10. The molecule has 1 unspecified atom stereocenters. The third-order valence-corrected chi connectivity index (χ3v) is 4.38. The van der Waals surface area contributed by atoms with Crippen molar-refractivity contribution in [2.24, 2.45) is 11.7 Å². The number of amides is 1. The molecule has 0 aromatic carbocycles. The van der Waals surface area contributed by atoms with Crippen LogP contribution in [0.3, 0.4) is 0 Å². The number of hydrogen-bond acceptors (Lipinski definition) is 3. The van der Waals surface area contributed by atoms with Gasteiger partial charge in [-0.1, -0.05) is 6.92 Å². The summed E-state index contributed by atoms with van der Waals surface area (Å²) in [6, 6.07) is 2.07. The van der Waals surface area contributed by atoms with Crippen molar-refractivity contribution in [1.82, 2.24) is 4.90 Å². The van der Waals surface area contributed by atoms with Crippen LogP contribution in [0.25, 0.3) is 0 Å². The van der Waals surface area contributed by atoms with Crippen LogP contribution in [-0.2, 0) is 11.2 Å². The van der Waals surface area contributed by atoms with Gasteiger partial charge in [0, 0.05) is 34.7 Å². The van der Waals surface area contributed by atoms with Crippen molar-refractivity contribution in [3.8, 4) is 0 Å². The van der Waals surface area contributed by atoms with Crippen molar-refractivity contribution in [2.45, 2.75) is 19.8 Å². The SMILES string of the molecule is CC(CN)CN(C)C(=O)CCc1cc(Br)cs1. The second kappa shape index (κ2) is 7.13. The minimum absolute atomic E-state index is 0.190. The number of halogens is 1. The van der Waals surface area contributed by atoms with Crippen LogP contribution in [0.5, 0.6) is 0 Å². The van der Waals surface area contributed by atoms with Gasteiger partial charge >= 0.3 is 0 Å². The zero-order chi connectivity index (χ0) is 12.8. The molecule has 2 N–H and O–H groups in total. The molecule has 5 heteroatoms. The number of aryl methyl sites for hydroxylation is 1. The van der Waals surface area contributed by atoms with E-state index in [0.717, 1.165) is 17.4 Å². The van der Waals surface area contributed by atoms with E-state index < -0.39 is 0 Å². The molecule has 0 radical (unpaired) electrons. The highest BCUT2D eigenvalue weighted by Crippen LogP contribution is 2.21. The fourth-order valence-electron chi connectivity index (χ4n) is 1.55. The highest BCUT2D eigenvalue weighted by molar-refractivity contribution is 9.10. The number of carbonyl (C=O) groups excluding carboxylic acids is 1. The minimum atomic E-state index is 0.190. The van der Waals surface area contributed by atoms with Gasteiger partial charge in [0.25, 0.3) is 0 Å². The molecule has 1 atom stereocenters. The van der Waals surface area contributed by atoms with Crippen LogP contribution in [0.4, 0.5) is 0 Å². The molecule has 0 spiro atoms. The summed E-state index contributed by atoms with van der Waals surface area (Å²) in [6.45, 7) is 3.42. The van der Waals surface area contributed by atoms with Gasteiger partial charge in [-0.05, 0) is 40.9 Å². The first kappa shape index (κ1) is 14.7. The van der Waals surface area contributed by atoms with Crippen LogP contribution >= 0.6 is 27.3 Å². The van der Waals surface area contributed by atoms with Gasteiger partial charge < -0.3 is 10.6 Å². The third kappa shape index (κ3) is 5.19. The molecule has 0 fully saturated rings. The van der Waals surface area contributed by atoms with Gasteiger partial charge in [0.2, 0.25) is 5.91 Å². The minimum Gasteiger partial charge on any atom is -0.345 e. The summed E-state index contributed by atoms with van der Waals surface area (Å²) in [7, 11) is 1.85. The normalized spacial score (nSPS) is 12.5. The Hall–Kier alpha value is -0.390. The lowest BCUT2D eigenvalue weighted by Gasteiger charge is -2.20. The topological polar surface area (TPSA) is 46.3 Å². The molecule has 1 amide bonds. The fourth-order valence-corrected chi connectivity index (χ4v) is 3.00. The summed E-state index contributed by atoms with van der Waals surface area (Å²) in [5.41, 5.74) is 5.55. The first-order valence-electron chi connectivity index (χ1n) is 5.70. The van der Waals surface area contributed by atoms with Gasteiger partial charge in [-0.15, -0.1) is 11.3 Å². The average Bonchev–Trinajstić information content (AvgIpc) is 2.71. The maximum absolute atomic E-state index is 11.9. The van der Waals surface area contributed by atoms with Crippen LogP contribution < -0.4 is 5.73 Å². The Bertz CT molecular complexity index is 367. The number of nitrogens with zero attached hydrogens (tertiary/aromatic N) is 1. The maximum atomic E-state index is 11.9. The molecule has 0 bridgehead atoms. The van der Waals surface area contributed by atoms with Crippen molar-refractivity contribution in [1.29, 1.82) is 0 Å². The highest BCUT2D eigenvalue weighted by Gasteiger charge is 2.12. The van der Waals surface area contributed by atoms with E-state index >= 15 is 0 Å². The Kier molecular flexibility index (Phi) is 6.16. The van der Waals surface area contributed by atoms with E-state index in [2.05, 4.69) is 28.9 Å². The Morgan fingerprint density at radius 1 is 1.65 bits per heavy atom. The molecule has 1 aromatic heterocycles. The summed E-state index contributed by atoms with van der Waals surface area (Å²) in [5.74, 6) is 0.551. The monoisotopic (exact) mass is 318 g/mol. The van der Waals surface area contributed by atoms with Gasteiger partial charge in [-0.3, -0.25) is 4.79 Å². The Labute approximate surface area is 115 Å². The molecular weight excluding hydrogens is 300 g/mol. The van der Waals surface area contributed by atoms with E-state index in [-0.39, 0.29) is 5.91 Å². The number of rotatable bonds is 6. The van der Waals surface area contributed by atoms with Crippen molar-refractivity contribution in [3.63, 3.8) is 0 Å². The van der Waals surface area contributed by atoms with Crippen LogP contribution in [0, 0.1) is 5.92 Å². The molecule has 0 aliphatic rings. The first-order valence-corrected chi connectivity index (χ1v) is 7.37. The Balaban J connectivity index is 2.34. The molecule has 0 aliphatic heterocycles. The molecular formula is C12H19BrN2OS. The molecule has 17 heavy (non-hydrogen) atoms. The Morgan fingerprint density at radius 3 is 2.88 bits per heavy atom. The molecule has 1 rings (SSSR count). The first-order chi connectivity index (χ1) is 8.02. The van der Waals surface area contributed by atoms with Crippen LogP contribution in [0.2, 0.25) is 0 Å². The van der Waals surface area contributed by atoms with E-state index in [4.69, 9.17) is 5.73 Å². The molecule has 1 aromatic rings. The third-order valence-electron chi connectivity index (χ3n) is 2.62. The van der Waals surface area contributed by atoms with Gasteiger partial charge in [-0.2, -0.15) is 0 Å². The van der Waals surface area contributed by atoms with Crippen LogP contribution in [0.1, 0.15) is 18.2 Å². The second-order valence-electron chi connectivity index (χ2n) is 4.35. The predicted octanol–water partition coefficient (Wildman–Crippen LogP) is 2.50. The van der Waals surface area contributed by atoms with Crippen LogP contribution in [-0.4, -0.2) is 30.9 Å². The van der Waals surface area contributed by atoms with E-state index in [1.807, 2.05) is 12.4 Å². The van der Waals surface area contributed by atoms with Crippen molar-refractivity contribution >= 4 is 33.2 Å². The number of thiophene rings is 1. The smallest absolute Gasteiger partial charge is 0.222 e. The lowest BCUT2D eigenvalue weighted by Crippen LogP contribution is -2.33. The molecule has 0 saturated heterocycles. The predicted molar refractivity (Wildman–Crippen MR) is 76.2 cm³/mol. The van der Waals surface area contributed by atoms with E-state index in [1.165, 1.54) is 4.88 Å². The molecule has 1 heterocycles. The molecule has 96 valence electrons. The van der Waals surface area contributed by atoms with Gasteiger partial charge in [0.15, 0.2) is 0 Å². The zero-order valence-corrected chi connectivity index (χ0v) is 12.7. The average molecular weight is 319 g/mol. The summed E-state index contributed by atoms with van der Waals surface area (Å²) in [6.07, 6.45) is 1.39. The van der Waals surface area contributed by atoms with Gasteiger partial charge in [-0.25, -0.2) is 0 Å². The summed E-state index contributed by atoms with van der Waals surface area (Å²) in [5, 5.41) is 2.04. The van der Waals surface area contributed by atoms with E-state index in [1.54, 1.807) is 16.2 Å². The van der Waals surface area contributed by atoms with Crippen molar-refractivity contribution in [2.75, 3.05) is 20.1 Å². The molecule has 0 aliphatic carbocycles. The van der Waals surface area contributed by atoms with E-state index in [0.29, 0.717) is 18.9 Å². The standard InChI is InChI=1S/C12H19BrN2OS/c1-9(6-14)7-15(2)12(16)4-3-11-5-10(13)8-17-11/h5,8-9H,3-4,6-7,14H2,1-2H3. The quantitative estimate of drug-likeness (QED) is 0.876. The Morgan fingerprint density at radius 2 is 2.35 bits per heavy atom. The summed E-state index contributed by atoms with van der Waals surface area (Å²) in [4.78, 5) is 14.9. The largest absolute Gasteiger partial charge is 0.345 e. The zero-order valence-electron chi connectivity index (χ0n) is 10.3. The van der Waals surface area contributed by atoms with Crippen LogP contribution in [0.15, 0.2) is 15.9 Å². The number of nitrogens with two attached hydrogens (primary N) is 1. The summed E-state index contributed by atoms with van der Waals surface area (Å²) < 4.78 is 1.09. The number of carbonyl (C=O) groups is 1. The number of hydrogen-bond donors (Lipinski definition) is 1.